The first-order chi connectivity index (χ1) is 42.5. The van der Waals surface area contributed by atoms with Gasteiger partial charge in [-0.25, -0.2) is 4.57 Å². The summed E-state index contributed by atoms with van der Waals surface area (Å²) in [5.41, 5.74) is 0. The summed E-state index contributed by atoms with van der Waals surface area (Å²) in [6, 6.07) is -0.766. The van der Waals surface area contributed by atoms with Crippen LogP contribution in [0.3, 0.4) is 0 Å². The van der Waals surface area contributed by atoms with Crippen LogP contribution >= 0.6 is 7.82 Å². The van der Waals surface area contributed by atoms with Crippen LogP contribution in [-0.2, 0) is 18.4 Å². The van der Waals surface area contributed by atoms with E-state index in [1.54, 1.807) is 0 Å². The Hall–Kier alpha value is -2.32. The lowest BCUT2D eigenvalue weighted by Gasteiger charge is -2.26. The van der Waals surface area contributed by atoms with Crippen molar-refractivity contribution in [1.82, 2.24) is 5.32 Å². The number of hydrogen-bond donors (Lipinski definition) is 3. The molecule has 0 aromatic rings. The second-order valence-corrected chi connectivity index (χ2v) is 28.1. The fourth-order valence-corrected chi connectivity index (χ4v) is 11.9. The second kappa shape index (κ2) is 68.1. The van der Waals surface area contributed by atoms with Crippen molar-refractivity contribution < 1.29 is 32.9 Å². The van der Waals surface area contributed by atoms with Gasteiger partial charge in [0.25, 0.3) is 0 Å². The zero-order valence-electron chi connectivity index (χ0n) is 58.3. The number of phosphoric ester groups is 1. The first-order valence-electron chi connectivity index (χ1n) is 37.5. The number of rotatable bonds is 69. The molecule has 0 fully saturated rings. The zero-order chi connectivity index (χ0) is 63.4. The highest BCUT2D eigenvalue weighted by Crippen LogP contribution is 2.43. The van der Waals surface area contributed by atoms with Crippen molar-refractivity contribution in [3.63, 3.8) is 0 Å². The monoisotopic (exact) mass is 1240 g/mol. The van der Waals surface area contributed by atoms with Crippen LogP contribution in [0.1, 0.15) is 354 Å². The number of nitrogens with one attached hydrogen (secondary N) is 1. The van der Waals surface area contributed by atoms with Crippen LogP contribution in [-0.4, -0.2) is 73.4 Å². The Morgan fingerprint density at radius 2 is 0.690 bits per heavy atom. The van der Waals surface area contributed by atoms with E-state index < -0.39 is 20.0 Å². The van der Waals surface area contributed by atoms with Gasteiger partial charge in [0.1, 0.15) is 13.2 Å². The molecule has 3 unspecified atom stereocenters. The molecule has 0 radical (unpaired) electrons. The fraction of sp³-hybridized carbons (Fsp3) is 0.808. The molecular formula is C78H146N2O6P+. The standard InChI is InChI=1S/C78H145N2O6P/c1-6-8-10-12-14-16-18-20-22-24-26-28-30-32-34-36-37-38-39-40-41-42-43-44-46-48-50-52-54-56-58-60-62-64-66-68-70-72-78(82)79-76(75-86-87(83,84)85-74-73-80(3,4)5)77(81)71-69-67-65-63-61-59-57-55-53-51-49-47-45-35-33-31-29-27-25-23-21-19-17-15-13-11-9-7-2/h8,10,14,16,20,22,26,28,32,34,37-38,40-41,76-77,81H,6-7,9,11-13,15,17-19,21,23-25,27,29-31,33,35-36,39,42-75H2,1-5H3,(H-,79,82,83,84)/p+1/b10-8-,16-14-,22-20-,28-26-,34-32-,38-37-,41-40-. The van der Waals surface area contributed by atoms with E-state index in [2.05, 4.69) is 104 Å². The average molecular weight is 1240 g/mol. The van der Waals surface area contributed by atoms with Crippen LogP contribution in [0, 0.1) is 0 Å². The van der Waals surface area contributed by atoms with Gasteiger partial charge in [-0.2, -0.15) is 0 Å². The van der Waals surface area contributed by atoms with Crippen LogP contribution in [0.15, 0.2) is 85.1 Å². The van der Waals surface area contributed by atoms with E-state index in [1.165, 1.54) is 244 Å². The average Bonchev–Trinajstić information content (AvgIpc) is 3.70. The van der Waals surface area contributed by atoms with Crippen molar-refractivity contribution in [3.8, 4) is 0 Å². The number of phosphoric acid groups is 1. The molecule has 0 aliphatic carbocycles. The number of allylic oxidation sites excluding steroid dienone is 14. The van der Waals surface area contributed by atoms with Gasteiger partial charge >= 0.3 is 7.82 Å². The molecule has 0 saturated heterocycles. The van der Waals surface area contributed by atoms with Gasteiger partial charge < -0.3 is 19.8 Å². The smallest absolute Gasteiger partial charge is 0.391 e. The van der Waals surface area contributed by atoms with Gasteiger partial charge in [-0.3, -0.25) is 13.8 Å². The molecule has 0 aliphatic heterocycles. The van der Waals surface area contributed by atoms with Gasteiger partial charge in [-0.05, 0) is 70.6 Å². The normalized spacial score (nSPS) is 14.1. The molecule has 0 aromatic heterocycles. The highest BCUT2D eigenvalue weighted by molar-refractivity contribution is 7.47. The van der Waals surface area contributed by atoms with Crippen molar-refractivity contribution in [2.45, 2.75) is 366 Å². The molecule has 0 heterocycles. The third-order valence-corrected chi connectivity index (χ3v) is 17.9. The molecule has 3 N–H and O–H groups in total. The first-order valence-corrected chi connectivity index (χ1v) is 38.9. The first kappa shape index (κ1) is 84.7. The minimum atomic E-state index is -4.34. The lowest BCUT2D eigenvalue weighted by atomic mass is 10.0. The lowest BCUT2D eigenvalue weighted by molar-refractivity contribution is -0.870. The summed E-state index contributed by atoms with van der Waals surface area (Å²) in [6.45, 7) is 4.82. The zero-order valence-corrected chi connectivity index (χ0v) is 59.2. The van der Waals surface area contributed by atoms with Gasteiger partial charge in [0.05, 0.1) is 39.9 Å². The van der Waals surface area contributed by atoms with Crippen molar-refractivity contribution in [3.05, 3.63) is 85.1 Å². The molecule has 3 atom stereocenters. The molecule has 0 spiro atoms. The largest absolute Gasteiger partial charge is 0.472 e. The third-order valence-electron chi connectivity index (χ3n) is 16.9. The Labute approximate surface area is 541 Å². The number of quaternary nitrogens is 1. The summed E-state index contributed by atoms with van der Waals surface area (Å²) in [5, 5.41) is 14.2. The molecule has 508 valence electrons. The summed E-state index contributed by atoms with van der Waals surface area (Å²) in [6.07, 6.45) is 97.0. The molecule has 9 heteroatoms. The number of amides is 1. The summed E-state index contributed by atoms with van der Waals surface area (Å²) >= 11 is 0. The van der Waals surface area contributed by atoms with Crippen molar-refractivity contribution in [1.29, 1.82) is 0 Å². The number of unbranched alkanes of at least 4 members (excludes halogenated alkanes) is 42. The predicted molar refractivity (Wildman–Crippen MR) is 383 cm³/mol. The highest BCUT2D eigenvalue weighted by Gasteiger charge is 2.28. The Bertz CT molecular complexity index is 1700. The van der Waals surface area contributed by atoms with E-state index in [0.29, 0.717) is 23.9 Å². The summed E-state index contributed by atoms with van der Waals surface area (Å²) < 4.78 is 23.9. The number of hydrogen-bond acceptors (Lipinski definition) is 5. The van der Waals surface area contributed by atoms with E-state index in [0.717, 1.165) is 83.5 Å². The molecule has 0 aromatic carbocycles. The van der Waals surface area contributed by atoms with Gasteiger partial charge in [0.2, 0.25) is 5.91 Å². The molecule has 0 rings (SSSR count). The molecule has 0 bridgehead atoms. The highest BCUT2D eigenvalue weighted by atomic mass is 31.2. The lowest BCUT2D eigenvalue weighted by Crippen LogP contribution is -2.46. The topological polar surface area (TPSA) is 105 Å². The van der Waals surface area contributed by atoms with Crippen LogP contribution in [0.25, 0.3) is 0 Å². The van der Waals surface area contributed by atoms with Gasteiger partial charge in [0.15, 0.2) is 0 Å². The fourth-order valence-electron chi connectivity index (χ4n) is 11.2. The number of carbonyl (C=O) groups excluding carboxylic acids is 1. The summed E-state index contributed by atoms with van der Waals surface area (Å²) in [5.74, 6) is -0.141. The van der Waals surface area contributed by atoms with Crippen LogP contribution in [0.4, 0.5) is 0 Å². The van der Waals surface area contributed by atoms with Gasteiger partial charge in [-0.1, -0.05) is 362 Å². The Morgan fingerprint density at radius 1 is 0.402 bits per heavy atom. The van der Waals surface area contributed by atoms with E-state index in [4.69, 9.17) is 9.05 Å². The third kappa shape index (κ3) is 71.0. The quantitative estimate of drug-likeness (QED) is 0.0243. The molecule has 0 aliphatic rings. The molecule has 1 amide bonds. The Kier molecular flexibility index (Phi) is 66.2. The van der Waals surface area contributed by atoms with E-state index in [1.807, 2.05) is 21.1 Å². The van der Waals surface area contributed by atoms with E-state index >= 15 is 0 Å². The molecule has 8 nitrogen and oxygen atoms in total. The number of carbonyl (C=O) groups is 1. The number of aliphatic hydroxyl groups is 1. The maximum Gasteiger partial charge on any atom is 0.472 e. The Morgan fingerprint density at radius 3 is 1.01 bits per heavy atom. The van der Waals surface area contributed by atoms with Crippen LogP contribution in [0.2, 0.25) is 0 Å². The van der Waals surface area contributed by atoms with E-state index in [-0.39, 0.29) is 19.1 Å². The van der Waals surface area contributed by atoms with Gasteiger partial charge in [-0.15, -0.1) is 0 Å². The Balaban J connectivity index is 4.00. The van der Waals surface area contributed by atoms with E-state index in [9.17, 15) is 19.4 Å². The minimum absolute atomic E-state index is 0.0735. The number of likely N-dealkylation sites (N-methyl/N-ethyl adjacent to an activating group) is 1. The maximum atomic E-state index is 13.1. The predicted octanol–water partition coefficient (Wildman–Crippen LogP) is 24.3. The second-order valence-electron chi connectivity index (χ2n) is 26.7. The molecular weight excluding hydrogens is 1090 g/mol. The maximum absolute atomic E-state index is 13.1. The number of aliphatic hydroxyl groups excluding tert-OH is 1. The summed E-state index contributed by atoms with van der Waals surface area (Å²) in [7, 11) is 1.62. The molecule has 0 saturated carbocycles. The van der Waals surface area contributed by atoms with Crippen LogP contribution in [0.5, 0.6) is 0 Å². The molecule has 87 heavy (non-hydrogen) atoms. The van der Waals surface area contributed by atoms with Crippen molar-refractivity contribution >= 4 is 13.7 Å². The minimum Gasteiger partial charge on any atom is -0.391 e. The summed E-state index contributed by atoms with van der Waals surface area (Å²) in [4.78, 5) is 23.5. The SMILES string of the molecule is CC/C=C\C/C=C\C/C=C\C/C=C\C/C=C\C/C=C\C/C=C\CCCCCCCCCCCCCCCCCC(=O)NC(COP(=O)(O)OCC[N+](C)(C)C)C(O)CCCCCCCCCCCCCCCCCCCCCCCCCCCCCC. The van der Waals surface area contributed by atoms with Gasteiger partial charge in [0, 0.05) is 6.42 Å². The number of nitrogens with zero attached hydrogens (tertiary/aromatic N) is 1. The van der Waals surface area contributed by atoms with Crippen molar-refractivity contribution in [2.24, 2.45) is 0 Å². The van der Waals surface area contributed by atoms with Crippen LogP contribution < -0.4 is 5.32 Å². The van der Waals surface area contributed by atoms with Crippen molar-refractivity contribution in [2.75, 3.05) is 40.9 Å².